The minimum atomic E-state index is -0.869. The standard InChI is InChI=1S/C11H10ClFN2O3/c1-6(16)14(7-2-3-7)10-4-8(12)9(13)5-11(10)15(17)18/h4-5,7H,2-3H2,1H3. The second kappa shape index (κ2) is 4.53. The molecule has 18 heavy (non-hydrogen) atoms. The number of rotatable bonds is 3. The largest absolute Gasteiger partial charge is 0.304 e. The van der Waals surface area contributed by atoms with E-state index in [4.69, 9.17) is 11.6 Å². The highest BCUT2D eigenvalue weighted by Gasteiger charge is 2.36. The van der Waals surface area contributed by atoms with E-state index in [1.807, 2.05) is 0 Å². The Morgan fingerprint density at radius 3 is 2.61 bits per heavy atom. The molecule has 7 heteroatoms. The zero-order chi connectivity index (χ0) is 13.4. The Bertz CT molecular complexity index is 531. The van der Waals surface area contributed by atoms with Gasteiger partial charge in [0.15, 0.2) is 0 Å². The lowest BCUT2D eigenvalue weighted by atomic mass is 10.2. The molecule has 1 saturated carbocycles. The van der Waals surface area contributed by atoms with E-state index in [9.17, 15) is 19.3 Å². The number of hydrogen-bond donors (Lipinski definition) is 0. The van der Waals surface area contributed by atoms with Gasteiger partial charge in [-0.2, -0.15) is 0 Å². The third kappa shape index (κ3) is 2.28. The third-order valence-electron chi connectivity index (χ3n) is 2.72. The molecule has 1 aliphatic carbocycles. The van der Waals surface area contributed by atoms with Crippen LogP contribution < -0.4 is 4.90 Å². The topological polar surface area (TPSA) is 63.5 Å². The van der Waals surface area contributed by atoms with Crippen molar-refractivity contribution in [3.05, 3.63) is 33.1 Å². The molecule has 0 bridgehead atoms. The smallest absolute Gasteiger partial charge is 0.296 e. The molecule has 0 aromatic heterocycles. The predicted octanol–water partition coefficient (Wildman–Crippen LogP) is 2.90. The molecule has 0 atom stereocenters. The second-order valence-electron chi connectivity index (χ2n) is 4.13. The zero-order valence-corrected chi connectivity index (χ0v) is 10.3. The molecule has 0 heterocycles. The zero-order valence-electron chi connectivity index (χ0n) is 9.52. The van der Waals surface area contributed by atoms with Gasteiger partial charge in [0, 0.05) is 13.0 Å². The molecule has 5 nitrogen and oxygen atoms in total. The first-order chi connectivity index (χ1) is 8.41. The van der Waals surface area contributed by atoms with Crippen LogP contribution in [0.3, 0.4) is 0 Å². The van der Waals surface area contributed by atoms with Crippen molar-refractivity contribution < 1.29 is 14.1 Å². The van der Waals surface area contributed by atoms with Crippen LogP contribution in [0.25, 0.3) is 0 Å². The average molecular weight is 273 g/mol. The van der Waals surface area contributed by atoms with Crippen molar-refractivity contribution in [3.8, 4) is 0 Å². The van der Waals surface area contributed by atoms with Gasteiger partial charge in [0.2, 0.25) is 5.91 Å². The second-order valence-corrected chi connectivity index (χ2v) is 4.54. The molecule has 1 amide bonds. The minimum Gasteiger partial charge on any atom is -0.304 e. The summed E-state index contributed by atoms with van der Waals surface area (Å²) in [6.45, 7) is 1.32. The monoisotopic (exact) mass is 272 g/mol. The molecule has 0 unspecified atom stereocenters. The van der Waals surface area contributed by atoms with Gasteiger partial charge in [-0.25, -0.2) is 4.39 Å². The fourth-order valence-corrected chi connectivity index (χ4v) is 1.98. The average Bonchev–Trinajstić information content (AvgIpc) is 3.06. The molecule has 0 radical (unpaired) electrons. The molecule has 0 saturated heterocycles. The number of hydrogen-bond acceptors (Lipinski definition) is 3. The summed E-state index contributed by atoms with van der Waals surface area (Å²) in [4.78, 5) is 23.1. The number of anilines is 1. The summed E-state index contributed by atoms with van der Waals surface area (Å²) in [5, 5.41) is 10.7. The van der Waals surface area contributed by atoms with Gasteiger partial charge in [0.1, 0.15) is 11.5 Å². The van der Waals surface area contributed by atoms with E-state index in [1.165, 1.54) is 11.8 Å². The first-order valence-electron chi connectivity index (χ1n) is 5.35. The Labute approximate surface area is 107 Å². The van der Waals surface area contributed by atoms with Crippen LogP contribution in [0.15, 0.2) is 12.1 Å². The van der Waals surface area contributed by atoms with Crippen LogP contribution in [0.2, 0.25) is 5.02 Å². The van der Waals surface area contributed by atoms with E-state index < -0.39 is 16.4 Å². The van der Waals surface area contributed by atoms with Crippen LogP contribution in [0.4, 0.5) is 15.8 Å². The number of nitro groups is 1. The molecule has 0 N–H and O–H groups in total. The van der Waals surface area contributed by atoms with E-state index in [0.717, 1.165) is 25.0 Å². The van der Waals surface area contributed by atoms with E-state index in [0.29, 0.717) is 0 Å². The van der Waals surface area contributed by atoms with Gasteiger partial charge in [-0.1, -0.05) is 11.6 Å². The Kier molecular flexibility index (Phi) is 3.21. The molecular formula is C11H10ClFN2O3. The van der Waals surface area contributed by atoms with E-state index in [1.54, 1.807) is 0 Å². The SMILES string of the molecule is CC(=O)N(c1cc(Cl)c(F)cc1[N+](=O)[O-])C1CC1. The summed E-state index contributed by atoms with van der Waals surface area (Å²) in [6.07, 6.45) is 1.57. The minimum absolute atomic E-state index is 0.0530. The van der Waals surface area contributed by atoms with Gasteiger partial charge >= 0.3 is 0 Å². The van der Waals surface area contributed by atoms with Crippen molar-refractivity contribution >= 4 is 28.9 Å². The van der Waals surface area contributed by atoms with E-state index >= 15 is 0 Å². The normalized spacial score (nSPS) is 14.4. The molecule has 0 aliphatic heterocycles. The van der Waals surface area contributed by atoms with Gasteiger partial charge in [0.25, 0.3) is 5.69 Å². The van der Waals surface area contributed by atoms with Crippen molar-refractivity contribution in [1.82, 2.24) is 0 Å². The van der Waals surface area contributed by atoms with Gasteiger partial charge in [-0.05, 0) is 18.9 Å². The first-order valence-corrected chi connectivity index (χ1v) is 5.73. The summed E-state index contributed by atoms with van der Waals surface area (Å²) < 4.78 is 13.3. The Morgan fingerprint density at radius 2 is 2.17 bits per heavy atom. The molecular weight excluding hydrogens is 263 g/mol. The highest BCUT2D eigenvalue weighted by Crippen LogP contribution is 2.39. The maximum absolute atomic E-state index is 13.3. The number of amides is 1. The summed E-state index contributed by atoms with van der Waals surface area (Å²) in [6, 6.07) is 1.83. The summed E-state index contributed by atoms with van der Waals surface area (Å²) >= 11 is 5.63. The van der Waals surface area contributed by atoms with Crippen molar-refractivity contribution in [2.45, 2.75) is 25.8 Å². The number of nitro benzene ring substituents is 1. The highest BCUT2D eigenvalue weighted by molar-refractivity contribution is 6.31. The molecule has 1 aromatic rings. The van der Waals surface area contributed by atoms with Gasteiger partial charge in [0.05, 0.1) is 16.0 Å². The summed E-state index contributed by atoms with van der Waals surface area (Å²) in [5.41, 5.74) is -0.389. The van der Waals surface area contributed by atoms with Gasteiger partial charge in [-0.3, -0.25) is 14.9 Å². The van der Waals surface area contributed by atoms with Crippen molar-refractivity contribution in [2.24, 2.45) is 0 Å². The molecule has 96 valence electrons. The fraction of sp³-hybridized carbons (Fsp3) is 0.364. The van der Waals surface area contributed by atoms with E-state index in [-0.39, 0.29) is 22.7 Å². The summed E-state index contributed by atoms with van der Waals surface area (Å²) in [5.74, 6) is -1.19. The Balaban J connectivity index is 2.56. The van der Waals surface area contributed by atoms with Crippen LogP contribution >= 0.6 is 11.6 Å². The Morgan fingerprint density at radius 1 is 1.56 bits per heavy atom. The molecule has 0 spiro atoms. The quantitative estimate of drug-likeness (QED) is 0.628. The van der Waals surface area contributed by atoms with Crippen molar-refractivity contribution in [2.75, 3.05) is 4.90 Å². The third-order valence-corrected chi connectivity index (χ3v) is 3.01. The fourth-order valence-electron chi connectivity index (χ4n) is 1.82. The van der Waals surface area contributed by atoms with Gasteiger partial charge in [-0.15, -0.1) is 0 Å². The lowest BCUT2D eigenvalue weighted by molar-refractivity contribution is -0.384. The molecule has 1 fully saturated rings. The number of carbonyl (C=O) groups is 1. The lowest BCUT2D eigenvalue weighted by Crippen LogP contribution is -2.31. The summed E-state index contributed by atoms with van der Waals surface area (Å²) in [7, 11) is 0. The van der Waals surface area contributed by atoms with Crippen LogP contribution in [-0.2, 0) is 4.79 Å². The van der Waals surface area contributed by atoms with Crippen LogP contribution in [0.1, 0.15) is 19.8 Å². The lowest BCUT2D eigenvalue weighted by Gasteiger charge is -2.20. The van der Waals surface area contributed by atoms with Gasteiger partial charge < -0.3 is 4.90 Å². The van der Waals surface area contributed by atoms with Crippen molar-refractivity contribution in [3.63, 3.8) is 0 Å². The maximum atomic E-state index is 13.3. The molecule has 1 aliphatic rings. The van der Waals surface area contributed by atoms with Crippen LogP contribution in [0.5, 0.6) is 0 Å². The number of carbonyl (C=O) groups excluding carboxylic acids is 1. The number of nitrogens with zero attached hydrogens (tertiary/aromatic N) is 2. The van der Waals surface area contributed by atoms with E-state index in [2.05, 4.69) is 0 Å². The number of halogens is 2. The Hall–Kier alpha value is -1.69. The highest BCUT2D eigenvalue weighted by atomic mass is 35.5. The molecule has 1 aromatic carbocycles. The van der Waals surface area contributed by atoms with Crippen LogP contribution in [0, 0.1) is 15.9 Å². The van der Waals surface area contributed by atoms with Crippen LogP contribution in [-0.4, -0.2) is 16.9 Å². The number of benzene rings is 1. The molecule has 2 rings (SSSR count). The first kappa shape index (κ1) is 12.8. The van der Waals surface area contributed by atoms with Crippen molar-refractivity contribution in [1.29, 1.82) is 0 Å². The maximum Gasteiger partial charge on any atom is 0.296 e. The predicted molar refractivity (Wildman–Crippen MR) is 64.2 cm³/mol.